The summed E-state index contributed by atoms with van der Waals surface area (Å²) in [5, 5.41) is 7.48. The molecule has 0 unspecified atom stereocenters. The third kappa shape index (κ3) is 3.43. The number of halogens is 2. The van der Waals surface area contributed by atoms with Crippen molar-refractivity contribution in [3.05, 3.63) is 51.6 Å². The third-order valence-electron chi connectivity index (χ3n) is 5.27. The van der Waals surface area contributed by atoms with Gasteiger partial charge in [0.2, 0.25) is 0 Å². The van der Waals surface area contributed by atoms with Crippen LogP contribution in [0, 0.1) is 5.82 Å². The first-order chi connectivity index (χ1) is 13.0. The smallest absolute Gasteiger partial charge is 0.274 e. The van der Waals surface area contributed by atoms with Gasteiger partial charge in [0, 0.05) is 42.5 Å². The number of piperazine rings is 1. The van der Waals surface area contributed by atoms with Gasteiger partial charge in [0.1, 0.15) is 5.82 Å². The van der Waals surface area contributed by atoms with Gasteiger partial charge in [0.05, 0.1) is 5.56 Å². The van der Waals surface area contributed by atoms with Crippen LogP contribution >= 0.6 is 11.6 Å². The minimum absolute atomic E-state index is 0.000507. The van der Waals surface area contributed by atoms with Gasteiger partial charge in [-0.25, -0.2) is 4.39 Å². The number of aromatic nitrogens is 2. The minimum atomic E-state index is -0.630. The van der Waals surface area contributed by atoms with Crippen LogP contribution < -0.4 is 0 Å². The first-order valence-corrected chi connectivity index (χ1v) is 9.52. The number of nitrogens with zero attached hydrogens (tertiary/aromatic N) is 3. The van der Waals surface area contributed by atoms with E-state index in [0.29, 0.717) is 31.9 Å². The zero-order chi connectivity index (χ0) is 19.0. The summed E-state index contributed by atoms with van der Waals surface area (Å²) in [5.74, 6) is -1.11. The Kier molecular flexibility index (Phi) is 4.86. The van der Waals surface area contributed by atoms with Crippen molar-refractivity contribution in [1.29, 1.82) is 0 Å². The molecule has 2 heterocycles. The van der Waals surface area contributed by atoms with Crippen molar-refractivity contribution in [1.82, 2.24) is 20.0 Å². The van der Waals surface area contributed by atoms with Crippen LogP contribution in [0.1, 0.15) is 44.9 Å². The monoisotopic (exact) mass is 390 g/mol. The van der Waals surface area contributed by atoms with Gasteiger partial charge in [-0.05, 0) is 43.9 Å². The minimum Gasteiger partial charge on any atom is -0.335 e. The highest BCUT2D eigenvalue weighted by Crippen LogP contribution is 2.24. The molecule has 0 atom stereocenters. The lowest BCUT2D eigenvalue weighted by atomic mass is 9.95. The number of hydrogen-bond donors (Lipinski definition) is 1. The Balaban J connectivity index is 1.42. The lowest BCUT2D eigenvalue weighted by molar-refractivity contribution is 0.0529. The lowest BCUT2D eigenvalue weighted by Crippen LogP contribution is -2.51. The highest BCUT2D eigenvalue weighted by Gasteiger charge is 2.30. The van der Waals surface area contributed by atoms with Gasteiger partial charge in [0.15, 0.2) is 5.69 Å². The second-order valence-electron chi connectivity index (χ2n) is 6.94. The van der Waals surface area contributed by atoms with E-state index in [1.54, 1.807) is 9.80 Å². The molecule has 2 amide bonds. The van der Waals surface area contributed by atoms with Crippen LogP contribution in [0.2, 0.25) is 5.02 Å². The molecular weight excluding hydrogens is 371 g/mol. The molecule has 0 bridgehead atoms. The number of carbonyl (C=O) groups excluding carboxylic acids is 2. The van der Waals surface area contributed by atoms with Gasteiger partial charge < -0.3 is 9.80 Å². The molecule has 27 heavy (non-hydrogen) atoms. The number of nitrogens with one attached hydrogen (secondary N) is 1. The van der Waals surface area contributed by atoms with Crippen LogP contribution in [0.15, 0.2) is 18.2 Å². The van der Waals surface area contributed by atoms with E-state index in [2.05, 4.69) is 10.2 Å². The molecule has 6 nitrogen and oxygen atoms in total. The van der Waals surface area contributed by atoms with Crippen molar-refractivity contribution in [2.24, 2.45) is 0 Å². The number of aromatic amines is 1. The zero-order valence-electron chi connectivity index (χ0n) is 14.8. The second kappa shape index (κ2) is 7.31. The molecule has 1 aromatic carbocycles. The molecule has 2 aromatic rings. The summed E-state index contributed by atoms with van der Waals surface area (Å²) in [6.07, 6.45) is 4.00. The van der Waals surface area contributed by atoms with Crippen molar-refractivity contribution in [3.63, 3.8) is 0 Å². The van der Waals surface area contributed by atoms with Crippen LogP contribution in [-0.2, 0) is 12.8 Å². The molecule has 1 aromatic heterocycles. The molecule has 2 aliphatic rings. The summed E-state index contributed by atoms with van der Waals surface area (Å²) in [5.41, 5.74) is 2.61. The van der Waals surface area contributed by atoms with Crippen LogP contribution in [0.5, 0.6) is 0 Å². The molecule has 4 rings (SSSR count). The molecule has 142 valence electrons. The predicted octanol–water partition coefficient (Wildman–Crippen LogP) is 2.68. The number of hydrogen-bond acceptors (Lipinski definition) is 3. The number of rotatable bonds is 2. The Labute approximate surface area is 161 Å². The molecule has 1 fully saturated rings. The summed E-state index contributed by atoms with van der Waals surface area (Å²) < 4.78 is 14.0. The van der Waals surface area contributed by atoms with E-state index in [-0.39, 0.29) is 22.4 Å². The number of amides is 2. The summed E-state index contributed by atoms with van der Waals surface area (Å²) in [6, 6.07) is 4.03. The molecule has 8 heteroatoms. The maximum absolute atomic E-state index is 14.0. The van der Waals surface area contributed by atoms with E-state index >= 15 is 0 Å². The first kappa shape index (κ1) is 18.0. The maximum Gasteiger partial charge on any atom is 0.274 e. The van der Waals surface area contributed by atoms with E-state index in [4.69, 9.17) is 11.6 Å². The molecule has 1 N–H and O–H groups in total. The normalized spacial score (nSPS) is 17.0. The summed E-state index contributed by atoms with van der Waals surface area (Å²) in [4.78, 5) is 28.7. The van der Waals surface area contributed by atoms with Crippen LogP contribution in [0.25, 0.3) is 0 Å². The largest absolute Gasteiger partial charge is 0.335 e. The van der Waals surface area contributed by atoms with E-state index in [1.807, 2.05) is 0 Å². The van der Waals surface area contributed by atoms with Crippen molar-refractivity contribution in [2.75, 3.05) is 26.2 Å². The van der Waals surface area contributed by atoms with Crippen molar-refractivity contribution in [3.8, 4) is 0 Å². The van der Waals surface area contributed by atoms with Gasteiger partial charge in [0.25, 0.3) is 11.8 Å². The summed E-state index contributed by atoms with van der Waals surface area (Å²) in [7, 11) is 0. The third-order valence-corrected chi connectivity index (χ3v) is 5.51. The van der Waals surface area contributed by atoms with Crippen LogP contribution in [0.4, 0.5) is 4.39 Å². The SMILES string of the molecule is O=C(c1ccc(Cl)cc1F)N1CCN(C(=O)c2n[nH]c3c2CCCC3)CC1. The Morgan fingerprint density at radius 1 is 1.04 bits per heavy atom. The zero-order valence-corrected chi connectivity index (χ0v) is 15.6. The lowest BCUT2D eigenvalue weighted by Gasteiger charge is -2.34. The van der Waals surface area contributed by atoms with E-state index < -0.39 is 5.82 Å². The number of aryl methyl sites for hydroxylation is 1. The van der Waals surface area contributed by atoms with Crippen molar-refractivity contribution in [2.45, 2.75) is 25.7 Å². The average Bonchev–Trinajstić information content (AvgIpc) is 3.11. The van der Waals surface area contributed by atoms with E-state index in [0.717, 1.165) is 43.0 Å². The standard InChI is InChI=1S/C19H20ClFN4O2/c20-12-5-6-13(15(21)11-12)18(26)24-7-9-25(10-8-24)19(27)17-14-3-1-2-4-16(14)22-23-17/h5-6,11H,1-4,7-10H2,(H,22,23). The molecular formula is C19H20ClFN4O2. The number of benzene rings is 1. The Bertz CT molecular complexity index is 890. The second-order valence-corrected chi connectivity index (χ2v) is 7.38. The number of carbonyl (C=O) groups is 2. The van der Waals surface area contributed by atoms with E-state index in [9.17, 15) is 14.0 Å². The van der Waals surface area contributed by atoms with Gasteiger partial charge in [-0.2, -0.15) is 5.10 Å². The number of H-pyrrole nitrogens is 1. The maximum atomic E-state index is 14.0. The molecule has 0 radical (unpaired) electrons. The summed E-state index contributed by atoms with van der Waals surface area (Å²) >= 11 is 5.74. The van der Waals surface area contributed by atoms with Gasteiger partial charge in [-0.3, -0.25) is 14.7 Å². The highest BCUT2D eigenvalue weighted by molar-refractivity contribution is 6.30. The van der Waals surface area contributed by atoms with Crippen LogP contribution in [0.3, 0.4) is 0 Å². The fourth-order valence-corrected chi connectivity index (χ4v) is 3.91. The molecule has 1 saturated heterocycles. The molecule has 1 aliphatic heterocycles. The van der Waals surface area contributed by atoms with Crippen molar-refractivity contribution < 1.29 is 14.0 Å². The summed E-state index contributed by atoms with van der Waals surface area (Å²) in [6.45, 7) is 1.53. The van der Waals surface area contributed by atoms with Gasteiger partial charge in [-0.15, -0.1) is 0 Å². The number of fused-ring (bicyclic) bond motifs is 1. The van der Waals surface area contributed by atoms with Gasteiger partial charge in [-0.1, -0.05) is 11.6 Å². The quantitative estimate of drug-likeness (QED) is 0.857. The molecule has 0 spiro atoms. The Morgan fingerprint density at radius 2 is 1.70 bits per heavy atom. The first-order valence-electron chi connectivity index (χ1n) is 9.14. The Hall–Kier alpha value is -2.41. The van der Waals surface area contributed by atoms with Crippen molar-refractivity contribution >= 4 is 23.4 Å². The predicted molar refractivity (Wildman–Crippen MR) is 98.4 cm³/mol. The molecule has 0 saturated carbocycles. The van der Waals surface area contributed by atoms with Gasteiger partial charge >= 0.3 is 0 Å². The van der Waals surface area contributed by atoms with Crippen LogP contribution in [-0.4, -0.2) is 58.0 Å². The fourth-order valence-electron chi connectivity index (χ4n) is 3.75. The average molecular weight is 391 g/mol. The topological polar surface area (TPSA) is 69.3 Å². The fraction of sp³-hybridized carbons (Fsp3) is 0.421. The van der Waals surface area contributed by atoms with E-state index in [1.165, 1.54) is 12.1 Å². The molecule has 1 aliphatic carbocycles. The Morgan fingerprint density at radius 3 is 2.41 bits per heavy atom. The highest BCUT2D eigenvalue weighted by atomic mass is 35.5.